The lowest BCUT2D eigenvalue weighted by Crippen LogP contribution is -2.28. The molecule has 0 spiro atoms. The summed E-state index contributed by atoms with van der Waals surface area (Å²) in [6.45, 7) is 4.80. The van der Waals surface area contributed by atoms with Crippen LogP contribution >= 0.6 is 11.3 Å². The van der Waals surface area contributed by atoms with E-state index in [0.717, 1.165) is 24.6 Å². The molecule has 0 atom stereocenters. The molecule has 0 aliphatic carbocycles. The Labute approximate surface area is 139 Å². The Hall–Kier alpha value is -1.79. The predicted molar refractivity (Wildman–Crippen MR) is 90.3 cm³/mol. The van der Waals surface area contributed by atoms with Gasteiger partial charge in [0.15, 0.2) is 0 Å². The molecule has 2 heterocycles. The van der Waals surface area contributed by atoms with Crippen molar-refractivity contribution in [1.29, 1.82) is 0 Å². The summed E-state index contributed by atoms with van der Waals surface area (Å²) in [4.78, 5) is 19.8. The molecular weight excluding hydrogens is 313 g/mol. The first-order valence-corrected chi connectivity index (χ1v) is 8.69. The van der Waals surface area contributed by atoms with Gasteiger partial charge in [-0.1, -0.05) is 18.6 Å². The monoisotopic (exact) mass is 333 g/mol. The maximum atomic E-state index is 13.6. The summed E-state index contributed by atoms with van der Waals surface area (Å²) >= 11 is 1.40. The SMILES string of the molecule is Cc1nc(CN2CCCCC2)sc1C(=O)Nc1ccccc1F. The molecule has 0 saturated carbocycles. The van der Waals surface area contributed by atoms with Gasteiger partial charge in [-0.05, 0) is 45.0 Å². The van der Waals surface area contributed by atoms with E-state index in [1.165, 1.54) is 36.7 Å². The third kappa shape index (κ3) is 3.95. The van der Waals surface area contributed by atoms with Crippen molar-refractivity contribution in [2.24, 2.45) is 0 Å². The number of thiazole rings is 1. The first-order valence-electron chi connectivity index (χ1n) is 7.88. The average molecular weight is 333 g/mol. The van der Waals surface area contributed by atoms with Gasteiger partial charge in [0.05, 0.1) is 17.9 Å². The molecule has 0 unspecified atom stereocenters. The highest BCUT2D eigenvalue weighted by Gasteiger charge is 2.19. The van der Waals surface area contributed by atoms with Gasteiger partial charge in [0, 0.05) is 0 Å². The number of nitrogens with zero attached hydrogens (tertiary/aromatic N) is 2. The Morgan fingerprint density at radius 2 is 2.04 bits per heavy atom. The minimum absolute atomic E-state index is 0.197. The summed E-state index contributed by atoms with van der Waals surface area (Å²) in [5.74, 6) is -0.730. The van der Waals surface area contributed by atoms with Crippen LogP contribution in [-0.4, -0.2) is 28.9 Å². The summed E-state index contributed by atoms with van der Waals surface area (Å²) in [5, 5.41) is 3.57. The molecule has 1 N–H and O–H groups in total. The van der Waals surface area contributed by atoms with E-state index in [4.69, 9.17) is 0 Å². The van der Waals surface area contributed by atoms with Gasteiger partial charge in [-0.25, -0.2) is 9.37 Å². The standard InChI is InChI=1S/C17H20FN3OS/c1-12-16(17(22)20-14-8-4-3-7-13(14)18)23-15(19-12)11-21-9-5-2-6-10-21/h3-4,7-8H,2,5-6,9-11H2,1H3,(H,20,22). The van der Waals surface area contributed by atoms with Crippen LogP contribution in [0.5, 0.6) is 0 Å². The number of piperidine rings is 1. The number of rotatable bonds is 4. The van der Waals surface area contributed by atoms with Crippen LogP contribution in [0.2, 0.25) is 0 Å². The molecule has 2 aromatic rings. The number of carbonyl (C=O) groups excluding carboxylic acids is 1. The molecule has 3 rings (SSSR count). The number of amides is 1. The van der Waals surface area contributed by atoms with Crippen molar-refractivity contribution in [3.05, 3.63) is 45.7 Å². The number of halogens is 1. The van der Waals surface area contributed by atoms with Crippen LogP contribution in [0, 0.1) is 12.7 Å². The van der Waals surface area contributed by atoms with Crippen molar-refractivity contribution in [3.8, 4) is 0 Å². The summed E-state index contributed by atoms with van der Waals surface area (Å²) in [7, 11) is 0. The lowest BCUT2D eigenvalue weighted by molar-refractivity contribution is 0.102. The number of carbonyl (C=O) groups is 1. The minimum atomic E-state index is -0.434. The van der Waals surface area contributed by atoms with E-state index in [2.05, 4.69) is 15.2 Å². The Kier molecular flexibility index (Phi) is 5.03. The third-order valence-corrected chi connectivity index (χ3v) is 5.12. The largest absolute Gasteiger partial charge is 0.319 e. The second-order valence-electron chi connectivity index (χ2n) is 5.79. The van der Waals surface area contributed by atoms with E-state index in [1.807, 2.05) is 6.92 Å². The fourth-order valence-electron chi connectivity index (χ4n) is 2.78. The van der Waals surface area contributed by atoms with Crippen molar-refractivity contribution in [1.82, 2.24) is 9.88 Å². The summed E-state index contributed by atoms with van der Waals surface area (Å²) in [5.41, 5.74) is 0.902. The van der Waals surface area contributed by atoms with Gasteiger partial charge in [0.1, 0.15) is 15.7 Å². The fraction of sp³-hybridized carbons (Fsp3) is 0.412. The molecule has 1 aliphatic rings. The van der Waals surface area contributed by atoms with Crippen LogP contribution in [0.4, 0.5) is 10.1 Å². The number of nitrogens with one attached hydrogen (secondary N) is 1. The average Bonchev–Trinajstić information content (AvgIpc) is 2.91. The van der Waals surface area contributed by atoms with E-state index >= 15 is 0 Å². The molecule has 1 aromatic heterocycles. The van der Waals surface area contributed by atoms with E-state index in [-0.39, 0.29) is 11.6 Å². The predicted octanol–water partition coefficient (Wildman–Crippen LogP) is 3.83. The molecule has 23 heavy (non-hydrogen) atoms. The Morgan fingerprint density at radius 3 is 2.78 bits per heavy atom. The highest BCUT2D eigenvalue weighted by Crippen LogP contribution is 2.23. The second kappa shape index (κ2) is 7.19. The highest BCUT2D eigenvalue weighted by atomic mass is 32.1. The van der Waals surface area contributed by atoms with Crippen molar-refractivity contribution in [3.63, 3.8) is 0 Å². The van der Waals surface area contributed by atoms with Crippen LogP contribution in [0.25, 0.3) is 0 Å². The number of anilines is 1. The number of hydrogen-bond donors (Lipinski definition) is 1. The summed E-state index contributed by atoms with van der Waals surface area (Å²) < 4.78 is 13.6. The van der Waals surface area contributed by atoms with Crippen LogP contribution in [0.3, 0.4) is 0 Å². The molecule has 0 radical (unpaired) electrons. The zero-order valence-corrected chi connectivity index (χ0v) is 14.0. The van der Waals surface area contributed by atoms with Gasteiger partial charge in [-0.15, -0.1) is 11.3 Å². The third-order valence-electron chi connectivity index (χ3n) is 3.98. The number of aromatic nitrogens is 1. The quantitative estimate of drug-likeness (QED) is 0.925. The highest BCUT2D eigenvalue weighted by molar-refractivity contribution is 7.13. The van der Waals surface area contributed by atoms with Gasteiger partial charge in [0.2, 0.25) is 0 Å². The van der Waals surface area contributed by atoms with E-state index < -0.39 is 5.82 Å². The molecule has 0 bridgehead atoms. The minimum Gasteiger partial charge on any atom is -0.319 e. The van der Waals surface area contributed by atoms with Crippen LogP contribution in [0.15, 0.2) is 24.3 Å². The smallest absolute Gasteiger partial charge is 0.267 e. The van der Waals surface area contributed by atoms with Crippen LogP contribution < -0.4 is 5.32 Å². The summed E-state index contributed by atoms with van der Waals surface area (Å²) in [6.07, 6.45) is 3.75. The van der Waals surface area contributed by atoms with Crippen molar-refractivity contribution >= 4 is 22.9 Å². The van der Waals surface area contributed by atoms with Gasteiger partial charge < -0.3 is 5.32 Å². The molecule has 1 aliphatic heterocycles. The van der Waals surface area contributed by atoms with Crippen molar-refractivity contribution in [2.75, 3.05) is 18.4 Å². The number of benzene rings is 1. The van der Waals surface area contributed by atoms with Crippen LogP contribution in [-0.2, 0) is 6.54 Å². The Balaban J connectivity index is 1.70. The second-order valence-corrected chi connectivity index (χ2v) is 6.88. The van der Waals surface area contributed by atoms with Crippen molar-refractivity contribution < 1.29 is 9.18 Å². The van der Waals surface area contributed by atoms with Gasteiger partial charge in [-0.2, -0.15) is 0 Å². The maximum Gasteiger partial charge on any atom is 0.267 e. The first kappa shape index (κ1) is 16.1. The maximum absolute atomic E-state index is 13.6. The van der Waals surface area contributed by atoms with Gasteiger partial charge in [-0.3, -0.25) is 9.69 Å². The van der Waals surface area contributed by atoms with Crippen LogP contribution in [0.1, 0.15) is 39.6 Å². The molecule has 1 fully saturated rings. The number of para-hydroxylation sites is 1. The van der Waals surface area contributed by atoms with E-state index in [0.29, 0.717) is 10.6 Å². The zero-order chi connectivity index (χ0) is 16.2. The normalized spacial score (nSPS) is 15.6. The number of likely N-dealkylation sites (tertiary alicyclic amines) is 1. The molecule has 6 heteroatoms. The lowest BCUT2D eigenvalue weighted by atomic mass is 10.1. The lowest BCUT2D eigenvalue weighted by Gasteiger charge is -2.25. The molecule has 1 aromatic carbocycles. The summed E-state index contributed by atoms with van der Waals surface area (Å²) in [6, 6.07) is 6.18. The molecule has 122 valence electrons. The molecule has 4 nitrogen and oxygen atoms in total. The number of hydrogen-bond acceptors (Lipinski definition) is 4. The topological polar surface area (TPSA) is 45.2 Å². The Bertz CT molecular complexity index is 695. The van der Waals surface area contributed by atoms with E-state index in [9.17, 15) is 9.18 Å². The van der Waals surface area contributed by atoms with Crippen molar-refractivity contribution in [2.45, 2.75) is 32.7 Å². The fourth-order valence-corrected chi connectivity index (χ4v) is 3.78. The Morgan fingerprint density at radius 1 is 1.30 bits per heavy atom. The van der Waals surface area contributed by atoms with Gasteiger partial charge >= 0.3 is 0 Å². The first-order chi connectivity index (χ1) is 11.1. The zero-order valence-electron chi connectivity index (χ0n) is 13.1. The number of aryl methyl sites for hydroxylation is 1. The van der Waals surface area contributed by atoms with E-state index in [1.54, 1.807) is 18.2 Å². The van der Waals surface area contributed by atoms with Gasteiger partial charge in [0.25, 0.3) is 5.91 Å². The molecule has 1 amide bonds. The molecule has 1 saturated heterocycles. The molecular formula is C17H20FN3OS.